The van der Waals surface area contributed by atoms with Gasteiger partial charge in [0, 0.05) is 10.8 Å². The third-order valence-corrected chi connectivity index (χ3v) is 5.77. The Hall–Kier alpha value is -0.170. The van der Waals surface area contributed by atoms with Crippen molar-refractivity contribution in [3.63, 3.8) is 0 Å². The van der Waals surface area contributed by atoms with Crippen LogP contribution in [0, 0.1) is 6.92 Å². The molecule has 6 heteroatoms. The molecule has 2 unspecified atom stereocenters. The van der Waals surface area contributed by atoms with Crippen LogP contribution < -0.4 is 5.32 Å². The molecule has 2 rings (SSSR count). The van der Waals surface area contributed by atoms with Gasteiger partial charge in [-0.1, -0.05) is 25.1 Å². The quantitative estimate of drug-likeness (QED) is 0.846. The topological polar surface area (TPSA) is 58.0 Å². The highest BCUT2D eigenvalue weighted by atomic mass is 32.2. The van der Waals surface area contributed by atoms with Gasteiger partial charge in [0.15, 0.2) is 4.34 Å². The average molecular weight is 301 g/mol. The number of rotatable bonds is 6. The average Bonchev–Trinajstić information content (AvgIpc) is 2.82. The van der Waals surface area contributed by atoms with Gasteiger partial charge in [0.1, 0.15) is 5.82 Å². The molecular formula is C13H23N3OS2. The number of nitrogens with one attached hydrogen (secondary N) is 1. The first kappa shape index (κ1) is 15.2. The first-order valence-electron chi connectivity index (χ1n) is 7.00. The summed E-state index contributed by atoms with van der Waals surface area (Å²) in [6.07, 6.45) is 5.59. The lowest BCUT2D eigenvalue weighted by molar-refractivity contribution is 0.124. The number of thioether (sulfide) groups is 1. The fourth-order valence-electron chi connectivity index (χ4n) is 2.63. The van der Waals surface area contributed by atoms with Gasteiger partial charge in [0.05, 0.1) is 6.61 Å². The molecule has 0 radical (unpaired) electrons. The SMILES string of the molecule is CCCNC1(CO)CCCC(Sc2nc(C)ns2)C1. The molecule has 0 aromatic carbocycles. The minimum Gasteiger partial charge on any atom is -0.394 e. The molecule has 0 amide bonds. The van der Waals surface area contributed by atoms with Crippen molar-refractivity contribution in [2.75, 3.05) is 13.2 Å². The first-order valence-corrected chi connectivity index (χ1v) is 8.65. The number of hydrogen-bond donors (Lipinski definition) is 2. The number of aryl methyl sites for hydroxylation is 1. The van der Waals surface area contributed by atoms with E-state index in [2.05, 4.69) is 21.6 Å². The van der Waals surface area contributed by atoms with Gasteiger partial charge in [-0.15, -0.1) is 0 Å². The number of aliphatic hydroxyl groups excluding tert-OH is 1. The second-order valence-electron chi connectivity index (χ2n) is 5.31. The fourth-order valence-corrected chi connectivity index (χ4v) is 4.90. The maximum absolute atomic E-state index is 9.76. The Kier molecular flexibility index (Phi) is 5.62. The Morgan fingerprint density at radius 2 is 2.42 bits per heavy atom. The van der Waals surface area contributed by atoms with Crippen LogP contribution in [0.15, 0.2) is 4.34 Å². The molecule has 1 aromatic heterocycles. The van der Waals surface area contributed by atoms with E-state index in [0.29, 0.717) is 5.25 Å². The zero-order valence-corrected chi connectivity index (χ0v) is 13.3. The van der Waals surface area contributed by atoms with Gasteiger partial charge in [-0.05, 0) is 50.7 Å². The largest absolute Gasteiger partial charge is 0.394 e. The van der Waals surface area contributed by atoms with E-state index in [1.54, 1.807) is 0 Å². The lowest BCUT2D eigenvalue weighted by Crippen LogP contribution is -2.52. The van der Waals surface area contributed by atoms with Crippen molar-refractivity contribution in [2.24, 2.45) is 0 Å². The van der Waals surface area contributed by atoms with Crippen molar-refractivity contribution in [3.05, 3.63) is 5.82 Å². The van der Waals surface area contributed by atoms with Crippen LogP contribution >= 0.6 is 23.3 Å². The zero-order valence-electron chi connectivity index (χ0n) is 11.7. The Balaban J connectivity index is 1.95. The molecule has 4 nitrogen and oxygen atoms in total. The summed E-state index contributed by atoms with van der Waals surface area (Å²) in [7, 11) is 0. The number of hydrogen-bond acceptors (Lipinski definition) is 6. The Labute approximate surface area is 123 Å². The molecule has 2 atom stereocenters. The summed E-state index contributed by atoms with van der Waals surface area (Å²) in [6, 6.07) is 0. The van der Waals surface area contributed by atoms with E-state index in [9.17, 15) is 5.11 Å². The van der Waals surface area contributed by atoms with Gasteiger partial charge in [-0.2, -0.15) is 4.37 Å². The lowest BCUT2D eigenvalue weighted by atomic mass is 9.82. The van der Waals surface area contributed by atoms with Crippen molar-refractivity contribution >= 4 is 23.3 Å². The molecular weight excluding hydrogens is 278 g/mol. The van der Waals surface area contributed by atoms with Crippen molar-refractivity contribution in [1.29, 1.82) is 0 Å². The van der Waals surface area contributed by atoms with Gasteiger partial charge >= 0.3 is 0 Å². The third kappa shape index (κ3) is 4.15. The summed E-state index contributed by atoms with van der Waals surface area (Å²) in [6.45, 7) is 5.31. The van der Waals surface area contributed by atoms with Gasteiger partial charge in [0.2, 0.25) is 0 Å². The standard InChI is InChI=1S/C13H23N3OS2/c1-3-7-14-13(9-17)6-4-5-11(8-13)18-12-15-10(2)16-19-12/h11,14,17H,3-9H2,1-2H3. The van der Waals surface area contributed by atoms with Gasteiger partial charge < -0.3 is 10.4 Å². The van der Waals surface area contributed by atoms with Crippen LogP contribution in [-0.2, 0) is 0 Å². The van der Waals surface area contributed by atoms with E-state index in [4.69, 9.17) is 0 Å². The van der Waals surface area contributed by atoms with Crippen LogP contribution in [0.25, 0.3) is 0 Å². The number of aromatic nitrogens is 2. The summed E-state index contributed by atoms with van der Waals surface area (Å²) in [5.41, 5.74) is -0.0777. The smallest absolute Gasteiger partial charge is 0.170 e. The molecule has 1 saturated carbocycles. The van der Waals surface area contributed by atoms with Crippen molar-refractivity contribution < 1.29 is 5.11 Å². The van der Waals surface area contributed by atoms with Crippen LogP contribution in [0.1, 0.15) is 44.9 Å². The molecule has 19 heavy (non-hydrogen) atoms. The Bertz CT molecular complexity index is 399. The van der Waals surface area contributed by atoms with Crippen molar-refractivity contribution in [3.8, 4) is 0 Å². The number of nitrogens with zero attached hydrogens (tertiary/aromatic N) is 2. The van der Waals surface area contributed by atoms with Crippen LogP contribution in [0.4, 0.5) is 0 Å². The summed E-state index contributed by atoms with van der Waals surface area (Å²) >= 11 is 3.32. The van der Waals surface area contributed by atoms with E-state index >= 15 is 0 Å². The normalized spacial score (nSPS) is 27.6. The predicted octanol–water partition coefficient (Wildman–Crippen LogP) is 2.61. The fraction of sp³-hybridized carbons (Fsp3) is 0.846. The summed E-state index contributed by atoms with van der Waals surface area (Å²) in [5, 5.41) is 13.9. The molecule has 0 spiro atoms. The molecule has 1 aliphatic rings. The second-order valence-corrected chi connectivity index (χ2v) is 7.61. The summed E-state index contributed by atoms with van der Waals surface area (Å²) < 4.78 is 5.29. The Morgan fingerprint density at radius 3 is 3.05 bits per heavy atom. The van der Waals surface area contributed by atoms with E-state index in [1.807, 2.05) is 18.7 Å². The third-order valence-electron chi connectivity index (χ3n) is 3.63. The van der Waals surface area contributed by atoms with Gasteiger partial charge in [-0.3, -0.25) is 0 Å². The van der Waals surface area contributed by atoms with Gasteiger partial charge in [0.25, 0.3) is 0 Å². The van der Waals surface area contributed by atoms with E-state index in [0.717, 1.165) is 36.0 Å². The molecule has 1 aromatic rings. The highest BCUT2D eigenvalue weighted by Gasteiger charge is 2.35. The molecule has 108 valence electrons. The van der Waals surface area contributed by atoms with Crippen LogP contribution in [0.5, 0.6) is 0 Å². The molecule has 2 N–H and O–H groups in total. The van der Waals surface area contributed by atoms with E-state index in [-0.39, 0.29) is 12.1 Å². The molecule has 0 aliphatic heterocycles. The molecule has 1 fully saturated rings. The van der Waals surface area contributed by atoms with Crippen LogP contribution in [0.3, 0.4) is 0 Å². The maximum atomic E-state index is 9.76. The van der Waals surface area contributed by atoms with E-state index < -0.39 is 0 Å². The summed E-state index contributed by atoms with van der Waals surface area (Å²) in [4.78, 5) is 4.43. The molecule has 1 heterocycles. The molecule has 0 bridgehead atoms. The van der Waals surface area contributed by atoms with Crippen molar-refractivity contribution in [2.45, 2.75) is 61.1 Å². The highest BCUT2D eigenvalue weighted by molar-refractivity contribution is 8.01. The van der Waals surface area contributed by atoms with Crippen molar-refractivity contribution in [1.82, 2.24) is 14.7 Å². The molecule has 0 saturated heterocycles. The van der Waals surface area contributed by atoms with Crippen LogP contribution in [0.2, 0.25) is 0 Å². The van der Waals surface area contributed by atoms with Crippen LogP contribution in [-0.4, -0.2) is 38.4 Å². The summed E-state index contributed by atoms with van der Waals surface area (Å²) in [5.74, 6) is 0.862. The highest BCUT2D eigenvalue weighted by Crippen LogP contribution is 2.38. The minimum atomic E-state index is -0.0777. The maximum Gasteiger partial charge on any atom is 0.170 e. The first-order chi connectivity index (χ1) is 9.17. The molecule has 1 aliphatic carbocycles. The predicted molar refractivity (Wildman–Crippen MR) is 80.9 cm³/mol. The Morgan fingerprint density at radius 1 is 1.58 bits per heavy atom. The lowest BCUT2D eigenvalue weighted by Gasteiger charge is -2.40. The minimum absolute atomic E-state index is 0.0777. The number of aliphatic hydroxyl groups is 1. The van der Waals surface area contributed by atoms with Gasteiger partial charge in [-0.25, -0.2) is 4.98 Å². The monoisotopic (exact) mass is 301 g/mol. The second kappa shape index (κ2) is 7.02. The zero-order chi connectivity index (χ0) is 13.7. The van der Waals surface area contributed by atoms with E-state index in [1.165, 1.54) is 24.4 Å².